The molecule has 2 aromatic rings. The van der Waals surface area contributed by atoms with Crippen molar-refractivity contribution in [1.82, 2.24) is 0 Å². The van der Waals surface area contributed by atoms with E-state index < -0.39 is 0 Å². The molecule has 0 saturated heterocycles. The van der Waals surface area contributed by atoms with Crippen molar-refractivity contribution in [2.45, 2.75) is 25.4 Å². The Balaban J connectivity index is 1.89. The minimum absolute atomic E-state index is 0.384. The summed E-state index contributed by atoms with van der Waals surface area (Å²) in [5.41, 5.74) is 8.87. The number of benzene rings is 1. The molecule has 20 heavy (non-hydrogen) atoms. The van der Waals surface area contributed by atoms with Crippen LogP contribution in [0, 0.1) is 0 Å². The number of nitrogens with two attached hydrogens (primary N) is 1. The third-order valence-corrected chi connectivity index (χ3v) is 4.73. The first-order chi connectivity index (χ1) is 9.65. The molecule has 3 rings (SSSR count). The number of hydrogen-bond acceptors (Lipinski definition) is 3. The molecule has 0 atom stereocenters. The van der Waals surface area contributed by atoms with E-state index in [0.717, 1.165) is 22.8 Å². The number of hydrogen-bond donors (Lipinski definition) is 1. The average molecular weight is 323 g/mol. The first-order valence-corrected chi connectivity index (χ1v) is 8.25. The van der Waals surface area contributed by atoms with Crippen molar-refractivity contribution in [3.05, 3.63) is 51.2 Å². The van der Waals surface area contributed by atoms with Gasteiger partial charge in [0.15, 0.2) is 0 Å². The Bertz CT molecular complexity index is 621. The van der Waals surface area contributed by atoms with E-state index in [-0.39, 0.29) is 0 Å². The predicted octanol–water partition coefficient (Wildman–Crippen LogP) is 4.20. The van der Waals surface area contributed by atoms with Crippen molar-refractivity contribution < 1.29 is 0 Å². The van der Waals surface area contributed by atoms with Gasteiger partial charge in [0.2, 0.25) is 0 Å². The summed E-state index contributed by atoms with van der Waals surface area (Å²) in [4.78, 5) is 2.77. The molecule has 0 aliphatic heterocycles. The van der Waals surface area contributed by atoms with E-state index in [0.29, 0.717) is 11.0 Å². The van der Waals surface area contributed by atoms with Crippen LogP contribution in [0.25, 0.3) is 0 Å². The Kier molecular flexibility index (Phi) is 3.96. The Morgan fingerprint density at radius 3 is 2.75 bits per heavy atom. The minimum atomic E-state index is 0.384. The van der Waals surface area contributed by atoms with Gasteiger partial charge in [0.1, 0.15) is 4.99 Å². The SMILES string of the molecule is NC(=S)c1ccc(N(Cc2ccsc2)C2CC2)c(Cl)c1. The zero-order chi connectivity index (χ0) is 14.1. The molecule has 2 nitrogen and oxygen atoms in total. The molecule has 1 aliphatic rings. The lowest BCUT2D eigenvalue weighted by atomic mass is 10.1. The van der Waals surface area contributed by atoms with Crippen LogP contribution in [0.2, 0.25) is 5.02 Å². The molecule has 0 unspecified atom stereocenters. The van der Waals surface area contributed by atoms with Crippen LogP contribution < -0.4 is 10.6 Å². The topological polar surface area (TPSA) is 29.3 Å². The summed E-state index contributed by atoms with van der Waals surface area (Å²) in [7, 11) is 0. The lowest BCUT2D eigenvalue weighted by Gasteiger charge is -2.25. The second kappa shape index (κ2) is 5.72. The van der Waals surface area contributed by atoms with Crippen LogP contribution in [0.1, 0.15) is 24.0 Å². The summed E-state index contributed by atoms with van der Waals surface area (Å²) in [6.45, 7) is 0.903. The number of thiocarbonyl (C=S) groups is 1. The smallest absolute Gasteiger partial charge is 0.104 e. The van der Waals surface area contributed by atoms with Gasteiger partial charge in [-0.25, -0.2) is 0 Å². The maximum Gasteiger partial charge on any atom is 0.104 e. The minimum Gasteiger partial charge on any atom is -0.389 e. The molecule has 0 amide bonds. The second-order valence-electron chi connectivity index (χ2n) is 5.02. The van der Waals surface area contributed by atoms with E-state index in [1.54, 1.807) is 11.3 Å². The van der Waals surface area contributed by atoms with Gasteiger partial charge in [-0.05, 0) is 53.4 Å². The summed E-state index contributed by atoms with van der Waals surface area (Å²) >= 11 is 13.1. The Labute approximate surface area is 133 Å². The normalized spacial score (nSPS) is 14.2. The van der Waals surface area contributed by atoms with Gasteiger partial charge in [-0.15, -0.1) is 0 Å². The molecular weight excluding hydrogens is 308 g/mol. The fourth-order valence-corrected chi connectivity index (χ4v) is 3.35. The van der Waals surface area contributed by atoms with E-state index in [2.05, 4.69) is 21.7 Å². The molecule has 0 bridgehead atoms. The predicted molar refractivity (Wildman–Crippen MR) is 90.9 cm³/mol. The fraction of sp³-hybridized carbons (Fsp3) is 0.267. The van der Waals surface area contributed by atoms with Gasteiger partial charge in [0.05, 0.1) is 10.7 Å². The number of halogens is 1. The van der Waals surface area contributed by atoms with Gasteiger partial charge in [-0.3, -0.25) is 0 Å². The maximum absolute atomic E-state index is 6.43. The van der Waals surface area contributed by atoms with E-state index in [4.69, 9.17) is 29.6 Å². The number of thiophene rings is 1. The number of nitrogens with zero attached hydrogens (tertiary/aromatic N) is 1. The van der Waals surface area contributed by atoms with Crippen molar-refractivity contribution in [3.63, 3.8) is 0 Å². The number of rotatable bonds is 5. The maximum atomic E-state index is 6.43. The Morgan fingerprint density at radius 2 is 2.20 bits per heavy atom. The van der Waals surface area contributed by atoms with Crippen LogP contribution in [-0.2, 0) is 6.54 Å². The molecule has 2 N–H and O–H groups in total. The summed E-state index contributed by atoms with van der Waals surface area (Å²) < 4.78 is 0. The van der Waals surface area contributed by atoms with E-state index >= 15 is 0 Å². The van der Waals surface area contributed by atoms with E-state index in [9.17, 15) is 0 Å². The summed E-state index contributed by atoms with van der Waals surface area (Å²) in [6.07, 6.45) is 2.47. The third kappa shape index (κ3) is 2.97. The standard InChI is InChI=1S/C15H15ClN2S2/c16-13-7-11(15(17)19)1-4-14(13)18(12-2-3-12)8-10-5-6-20-9-10/h1,4-7,9,12H,2-3,8H2,(H2,17,19). The molecule has 104 valence electrons. The molecule has 0 radical (unpaired) electrons. The summed E-state index contributed by atoms with van der Waals surface area (Å²) in [5, 5.41) is 5.02. The molecule has 1 fully saturated rings. The molecular formula is C15H15ClN2S2. The van der Waals surface area contributed by atoms with Crippen molar-refractivity contribution in [1.29, 1.82) is 0 Å². The largest absolute Gasteiger partial charge is 0.389 e. The third-order valence-electron chi connectivity index (χ3n) is 3.46. The van der Waals surface area contributed by atoms with Gasteiger partial charge in [0.25, 0.3) is 0 Å². The van der Waals surface area contributed by atoms with E-state index in [1.165, 1.54) is 18.4 Å². The monoisotopic (exact) mass is 322 g/mol. The van der Waals surface area contributed by atoms with Crippen molar-refractivity contribution in [3.8, 4) is 0 Å². The lowest BCUT2D eigenvalue weighted by molar-refractivity contribution is 0.797. The highest BCUT2D eigenvalue weighted by molar-refractivity contribution is 7.80. The molecule has 0 spiro atoms. The van der Waals surface area contributed by atoms with Crippen LogP contribution in [0.15, 0.2) is 35.0 Å². The van der Waals surface area contributed by atoms with Gasteiger partial charge >= 0.3 is 0 Å². The first kappa shape index (κ1) is 13.9. The van der Waals surface area contributed by atoms with Gasteiger partial charge in [-0.2, -0.15) is 11.3 Å². The first-order valence-electron chi connectivity index (χ1n) is 6.52. The molecule has 1 aromatic heterocycles. The zero-order valence-corrected chi connectivity index (χ0v) is 13.3. The van der Waals surface area contributed by atoms with Gasteiger partial charge in [0, 0.05) is 18.2 Å². The molecule has 5 heteroatoms. The second-order valence-corrected chi connectivity index (χ2v) is 6.65. The number of anilines is 1. The van der Waals surface area contributed by atoms with Crippen LogP contribution >= 0.6 is 35.2 Å². The van der Waals surface area contributed by atoms with Crippen molar-refractivity contribution >= 4 is 45.8 Å². The highest BCUT2D eigenvalue weighted by atomic mass is 35.5. The Morgan fingerprint density at radius 1 is 1.40 bits per heavy atom. The molecule has 1 saturated carbocycles. The van der Waals surface area contributed by atoms with Crippen LogP contribution in [-0.4, -0.2) is 11.0 Å². The summed E-state index contributed by atoms with van der Waals surface area (Å²) in [5.74, 6) is 0. The van der Waals surface area contributed by atoms with Crippen LogP contribution in [0.3, 0.4) is 0 Å². The highest BCUT2D eigenvalue weighted by Gasteiger charge is 2.30. The van der Waals surface area contributed by atoms with Crippen LogP contribution in [0.4, 0.5) is 5.69 Å². The summed E-state index contributed by atoms with van der Waals surface area (Å²) in [6, 6.07) is 8.61. The molecule has 1 aromatic carbocycles. The average Bonchev–Trinajstić information content (AvgIpc) is 3.14. The highest BCUT2D eigenvalue weighted by Crippen LogP contribution is 2.37. The molecule has 1 aliphatic carbocycles. The Hall–Kier alpha value is -1.10. The van der Waals surface area contributed by atoms with E-state index in [1.807, 2.05) is 18.2 Å². The zero-order valence-electron chi connectivity index (χ0n) is 10.9. The van der Waals surface area contributed by atoms with Gasteiger partial charge in [-0.1, -0.05) is 23.8 Å². The molecule has 1 heterocycles. The van der Waals surface area contributed by atoms with Crippen LogP contribution in [0.5, 0.6) is 0 Å². The van der Waals surface area contributed by atoms with Gasteiger partial charge < -0.3 is 10.6 Å². The van der Waals surface area contributed by atoms with Crippen molar-refractivity contribution in [2.24, 2.45) is 5.73 Å². The lowest BCUT2D eigenvalue weighted by Crippen LogP contribution is -2.25. The fourth-order valence-electron chi connectivity index (χ4n) is 2.27. The van der Waals surface area contributed by atoms with Crippen molar-refractivity contribution in [2.75, 3.05) is 4.90 Å². The quantitative estimate of drug-likeness (QED) is 0.836.